The zero-order valence-electron chi connectivity index (χ0n) is 13.1. The van der Waals surface area contributed by atoms with E-state index in [1.165, 1.54) is 53.1 Å². The standard InChI is InChI=1S/C20H20N2S/c1-3-7-15(8-4-1)18-19(16-11-13-21-14-12-16)23-20(22-18)17-9-5-2-6-10-17/h1,3-4,7-8,11-14,17H,2,5-6,9-10H2. The zero-order valence-corrected chi connectivity index (χ0v) is 13.9. The van der Waals surface area contributed by atoms with Gasteiger partial charge >= 0.3 is 0 Å². The summed E-state index contributed by atoms with van der Waals surface area (Å²) in [6.45, 7) is 0. The number of hydrogen-bond acceptors (Lipinski definition) is 3. The topological polar surface area (TPSA) is 25.8 Å². The summed E-state index contributed by atoms with van der Waals surface area (Å²) in [6.07, 6.45) is 10.4. The lowest BCUT2D eigenvalue weighted by Gasteiger charge is -2.18. The fraction of sp³-hybridized carbons (Fsp3) is 0.300. The van der Waals surface area contributed by atoms with E-state index in [0.717, 1.165) is 5.69 Å². The maximum Gasteiger partial charge on any atom is 0.0969 e. The monoisotopic (exact) mass is 320 g/mol. The van der Waals surface area contributed by atoms with Crippen molar-refractivity contribution in [3.63, 3.8) is 0 Å². The van der Waals surface area contributed by atoms with Gasteiger partial charge in [-0.3, -0.25) is 4.98 Å². The first kappa shape index (κ1) is 14.6. The highest BCUT2D eigenvalue weighted by molar-refractivity contribution is 7.15. The minimum Gasteiger partial charge on any atom is -0.265 e. The predicted octanol–water partition coefficient (Wildman–Crippen LogP) is 5.92. The van der Waals surface area contributed by atoms with Crippen LogP contribution in [0.15, 0.2) is 54.9 Å². The SMILES string of the molecule is c1ccc(-c2nc(C3CCCCC3)sc2-c2ccncc2)cc1. The number of thiazole rings is 1. The highest BCUT2D eigenvalue weighted by atomic mass is 32.1. The maximum atomic E-state index is 5.08. The van der Waals surface area contributed by atoms with E-state index in [0.29, 0.717) is 5.92 Å². The third-order valence-electron chi connectivity index (χ3n) is 4.59. The lowest BCUT2D eigenvalue weighted by atomic mass is 9.90. The van der Waals surface area contributed by atoms with Crippen LogP contribution in [0.3, 0.4) is 0 Å². The van der Waals surface area contributed by atoms with Crippen molar-refractivity contribution in [1.29, 1.82) is 0 Å². The van der Waals surface area contributed by atoms with E-state index in [-0.39, 0.29) is 0 Å². The zero-order chi connectivity index (χ0) is 15.5. The van der Waals surface area contributed by atoms with Crippen LogP contribution in [0.4, 0.5) is 0 Å². The van der Waals surface area contributed by atoms with Gasteiger partial charge in [-0.2, -0.15) is 0 Å². The van der Waals surface area contributed by atoms with Gasteiger partial charge in [0.05, 0.1) is 15.6 Å². The molecule has 0 amide bonds. The van der Waals surface area contributed by atoms with Crippen LogP contribution in [0.2, 0.25) is 0 Å². The van der Waals surface area contributed by atoms with Gasteiger partial charge in [-0.25, -0.2) is 4.98 Å². The van der Waals surface area contributed by atoms with Crippen molar-refractivity contribution in [2.45, 2.75) is 38.0 Å². The van der Waals surface area contributed by atoms with Gasteiger partial charge in [-0.1, -0.05) is 49.6 Å². The van der Waals surface area contributed by atoms with Gasteiger partial charge in [0.15, 0.2) is 0 Å². The van der Waals surface area contributed by atoms with Gasteiger partial charge in [-0.05, 0) is 30.5 Å². The Hall–Kier alpha value is -2.00. The summed E-state index contributed by atoms with van der Waals surface area (Å²) in [5.74, 6) is 0.645. The average molecular weight is 320 g/mol. The van der Waals surface area contributed by atoms with Crippen LogP contribution in [0.5, 0.6) is 0 Å². The molecule has 3 heteroatoms. The first-order chi connectivity index (χ1) is 11.4. The molecule has 2 aromatic heterocycles. The fourth-order valence-corrected chi connectivity index (χ4v) is 4.61. The van der Waals surface area contributed by atoms with E-state index in [9.17, 15) is 0 Å². The number of aromatic nitrogens is 2. The summed E-state index contributed by atoms with van der Waals surface area (Å²) >= 11 is 1.88. The molecule has 1 aliphatic carbocycles. The summed E-state index contributed by atoms with van der Waals surface area (Å²) in [5.41, 5.74) is 3.55. The van der Waals surface area contributed by atoms with Crippen molar-refractivity contribution in [3.05, 3.63) is 59.9 Å². The Morgan fingerprint density at radius 2 is 1.57 bits per heavy atom. The lowest BCUT2D eigenvalue weighted by molar-refractivity contribution is 0.442. The van der Waals surface area contributed by atoms with Crippen LogP contribution >= 0.6 is 11.3 Å². The summed E-state index contributed by atoms with van der Waals surface area (Å²) in [6, 6.07) is 14.7. The second kappa shape index (κ2) is 6.63. The van der Waals surface area contributed by atoms with Gasteiger partial charge in [0, 0.05) is 23.9 Å². The Morgan fingerprint density at radius 1 is 0.826 bits per heavy atom. The van der Waals surface area contributed by atoms with Gasteiger partial charge < -0.3 is 0 Å². The molecule has 3 aromatic rings. The minimum atomic E-state index is 0.645. The van der Waals surface area contributed by atoms with E-state index >= 15 is 0 Å². The normalized spacial score (nSPS) is 15.7. The minimum absolute atomic E-state index is 0.645. The van der Waals surface area contributed by atoms with Crippen LogP contribution in [0.25, 0.3) is 21.7 Å². The second-order valence-electron chi connectivity index (χ2n) is 6.17. The highest BCUT2D eigenvalue weighted by Gasteiger charge is 2.22. The van der Waals surface area contributed by atoms with E-state index in [2.05, 4.69) is 47.4 Å². The number of hydrogen-bond donors (Lipinski definition) is 0. The molecule has 0 spiro atoms. The largest absolute Gasteiger partial charge is 0.265 e. The van der Waals surface area contributed by atoms with Crippen molar-refractivity contribution in [1.82, 2.24) is 9.97 Å². The molecule has 116 valence electrons. The Kier molecular flexibility index (Phi) is 4.20. The summed E-state index contributed by atoms with van der Waals surface area (Å²) in [7, 11) is 0. The molecule has 4 rings (SSSR count). The molecule has 1 saturated carbocycles. The number of nitrogens with zero attached hydrogens (tertiary/aromatic N) is 2. The van der Waals surface area contributed by atoms with Crippen LogP contribution in [0.1, 0.15) is 43.0 Å². The lowest BCUT2D eigenvalue weighted by Crippen LogP contribution is -2.03. The molecular weight excluding hydrogens is 300 g/mol. The van der Waals surface area contributed by atoms with E-state index in [1.807, 2.05) is 23.7 Å². The molecule has 0 aliphatic heterocycles. The van der Waals surface area contributed by atoms with Crippen molar-refractivity contribution < 1.29 is 0 Å². The smallest absolute Gasteiger partial charge is 0.0969 e. The summed E-state index contributed by atoms with van der Waals surface area (Å²) < 4.78 is 0. The number of benzene rings is 1. The van der Waals surface area contributed by atoms with Crippen molar-refractivity contribution >= 4 is 11.3 Å². The van der Waals surface area contributed by atoms with Gasteiger partial charge in [0.25, 0.3) is 0 Å². The summed E-state index contributed by atoms with van der Waals surface area (Å²) in [4.78, 5) is 10.5. The van der Waals surface area contributed by atoms with Crippen molar-refractivity contribution in [2.24, 2.45) is 0 Å². The van der Waals surface area contributed by atoms with E-state index in [4.69, 9.17) is 4.98 Å². The third-order valence-corrected chi connectivity index (χ3v) is 5.85. The molecule has 0 radical (unpaired) electrons. The predicted molar refractivity (Wildman–Crippen MR) is 96.6 cm³/mol. The van der Waals surface area contributed by atoms with Crippen LogP contribution in [-0.4, -0.2) is 9.97 Å². The Balaban J connectivity index is 1.81. The molecular formula is C20H20N2S. The molecule has 1 fully saturated rings. The highest BCUT2D eigenvalue weighted by Crippen LogP contribution is 2.42. The summed E-state index contributed by atoms with van der Waals surface area (Å²) in [5, 5.41) is 1.32. The Morgan fingerprint density at radius 3 is 2.30 bits per heavy atom. The number of rotatable bonds is 3. The fourth-order valence-electron chi connectivity index (χ4n) is 3.35. The van der Waals surface area contributed by atoms with Gasteiger partial charge in [0.2, 0.25) is 0 Å². The van der Waals surface area contributed by atoms with Crippen LogP contribution < -0.4 is 0 Å². The molecule has 0 bridgehead atoms. The van der Waals surface area contributed by atoms with Crippen molar-refractivity contribution in [2.75, 3.05) is 0 Å². The van der Waals surface area contributed by atoms with E-state index < -0.39 is 0 Å². The molecule has 1 aliphatic rings. The average Bonchev–Trinajstić information content (AvgIpc) is 3.09. The molecule has 2 heterocycles. The maximum absolute atomic E-state index is 5.08. The first-order valence-corrected chi connectivity index (χ1v) is 9.20. The quantitative estimate of drug-likeness (QED) is 0.598. The molecule has 1 aromatic carbocycles. The Labute approximate surface area is 141 Å². The molecule has 0 saturated heterocycles. The van der Waals surface area contributed by atoms with Crippen molar-refractivity contribution in [3.8, 4) is 21.7 Å². The van der Waals surface area contributed by atoms with E-state index in [1.54, 1.807) is 0 Å². The second-order valence-corrected chi connectivity index (χ2v) is 7.20. The Bertz CT molecular complexity index is 702. The van der Waals surface area contributed by atoms with Gasteiger partial charge in [0.1, 0.15) is 0 Å². The van der Waals surface area contributed by atoms with Gasteiger partial charge in [-0.15, -0.1) is 11.3 Å². The number of pyridine rings is 1. The van der Waals surface area contributed by atoms with Crippen LogP contribution in [-0.2, 0) is 0 Å². The molecule has 0 atom stereocenters. The molecule has 2 nitrogen and oxygen atoms in total. The molecule has 23 heavy (non-hydrogen) atoms. The molecule has 0 unspecified atom stereocenters. The third kappa shape index (κ3) is 3.06. The first-order valence-electron chi connectivity index (χ1n) is 8.38. The van der Waals surface area contributed by atoms with Crippen LogP contribution in [0, 0.1) is 0 Å². The molecule has 0 N–H and O–H groups in total.